The van der Waals surface area contributed by atoms with Crippen molar-refractivity contribution in [2.45, 2.75) is 97.2 Å². The van der Waals surface area contributed by atoms with Crippen LogP contribution >= 0.6 is 0 Å². The van der Waals surface area contributed by atoms with E-state index in [1.165, 1.54) is 6.92 Å². The number of esters is 2. The summed E-state index contributed by atoms with van der Waals surface area (Å²) >= 11 is 0. The number of epoxide rings is 1. The van der Waals surface area contributed by atoms with Crippen LogP contribution in [0.15, 0.2) is 23.0 Å². The summed E-state index contributed by atoms with van der Waals surface area (Å²) in [6.07, 6.45) is 3.52. The molecule has 2 saturated heterocycles. The molecule has 5 aliphatic rings. The molecule has 3 saturated carbocycles. The summed E-state index contributed by atoms with van der Waals surface area (Å²) in [7, 11) is 1.68. The SMILES string of the molecule is CO[C@H]1CC(=O)C(C)(C)[C@@H]2C[C@@H](OC(C)=O)[C@]3(C)C(CC[C@@]4(C)[C@H](c5ccoc5)OC(=O)[C@H]5O[C@]543)[C@@]12C. The average molecular weight is 515 g/mol. The summed E-state index contributed by atoms with van der Waals surface area (Å²) in [5.41, 5.74) is -2.36. The number of hydrogen-bond acceptors (Lipinski definition) is 8. The van der Waals surface area contributed by atoms with Crippen LogP contribution in [-0.2, 0) is 33.3 Å². The van der Waals surface area contributed by atoms with Gasteiger partial charge in [-0.05, 0) is 37.2 Å². The van der Waals surface area contributed by atoms with E-state index in [0.717, 1.165) is 18.4 Å². The van der Waals surface area contributed by atoms with Crippen LogP contribution in [0, 0.1) is 33.5 Å². The van der Waals surface area contributed by atoms with Gasteiger partial charge < -0.3 is 23.4 Å². The molecule has 0 bridgehead atoms. The third-order valence-electron chi connectivity index (χ3n) is 11.7. The van der Waals surface area contributed by atoms with Crippen molar-refractivity contribution in [1.29, 1.82) is 0 Å². The average Bonchev–Trinajstić information content (AvgIpc) is 3.40. The number of Topliss-reactive ketones (excluding diaryl/α,β-unsaturated/α-hetero) is 1. The minimum Gasteiger partial charge on any atom is -0.472 e. The van der Waals surface area contributed by atoms with Crippen LogP contribution in [0.2, 0.25) is 0 Å². The number of methoxy groups -OCH3 is 1. The highest BCUT2D eigenvalue weighted by Crippen LogP contribution is 2.80. The first-order chi connectivity index (χ1) is 17.3. The lowest BCUT2D eigenvalue weighted by molar-refractivity contribution is -0.281. The molecular formula is C29H38O8. The van der Waals surface area contributed by atoms with E-state index in [-0.39, 0.29) is 35.7 Å². The molecule has 1 spiro atoms. The molecule has 37 heavy (non-hydrogen) atoms. The molecule has 3 aliphatic carbocycles. The normalized spacial score (nSPS) is 49.6. The second-order valence-electron chi connectivity index (χ2n) is 13.2. The summed E-state index contributed by atoms with van der Waals surface area (Å²) in [6.45, 7) is 12.0. The van der Waals surface area contributed by atoms with Crippen molar-refractivity contribution in [2.24, 2.45) is 33.5 Å². The van der Waals surface area contributed by atoms with Gasteiger partial charge in [-0.1, -0.05) is 34.6 Å². The van der Waals surface area contributed by atoms with Crippen LogP contribution in [0.3, 0.4) is 0 Å². The molecule has 0 N–H and O–H groups in total. The van der Waals surface area contributed by atoms with E-state index in [9.17, 15) is 14.4 Å². The Bertz CT molecular complexity index is 1160. The smallest absolute Gasteiger partial charge is 0.339 e. The number of carbonyl (C=O) groups excluding carboxylic acids is 3. The summed E-state index contributed by atoms with van der Waals surface area (Å²) < 4.78 is 30.2. The zero-order valence-corrected chi connectivity index (χ0v) is 22.8. The molecule has 1 unspecified atom stereocenters. The predicted molar refractivity (Wildman–Crippen MR) is 130 cm³/mol. The lowest BCUT2D eigenvalue weighted by Gasteiger charge is -2.70. The van der Waals surface area contributed by atoms with Crippen molar-refractivity contribution >= 4 is 17.7 Å². The van der Waals surface area contributed by atoms with Gasteiger partial charge in [-0.25, -0.2) is 4.79 Å². The lowest BCUT2D eigenvalue weighted by atomic mass is 9.34. The molecule has 3 heterocycles. The van der Waals surface area contributed by atoms with E-state index in [4.69, 9.17) is 23.4 Å². The van der Waals surface area contributed by atoms with E-state index in [1.807, 2.05) is 19.9 Å². The van der Waals surface area contributed by atoms with Gasteiger partial charge in [0.1, 0.15) is 23.6 Å². The predicted octanol–water partition coefficient (Wildman–Crippen LogP) is 4.41. The zero-order valence-electron chi connectivity index (χ0n) is 22.8. The Morgan fingerprint density at radius 2 is 1.78 bits per heavy atom. The van der Waals surface area contributed by atoms with E-state index in [0.29, 0.717) is 12.8 Å². The molecule has 2 aliphatic heterocycles. The van der Waals surface area contributed by atoms with Crippen LogP contribution in [0.1, 0.15) is 78.9 Å². The van der Waals surface area contributed by atoms with E-state index in [1.54, 1.807) is 19.6 Å². The van der Waals surface area contributed by atoms with Crippen LogP contribution in [0.4, 0.5) is 0 Å². The molecule has 0 aromatic carbocycles. The van der Waals surface area contributed by atoms with Crippen molar-refractivity contribution in [3.8, 4) is 0 Å². The van der Waals surface area contributed by atoms with Crippen LogP contribution in [-0.4, -0.2) is 48.7 Å². The fourth-order valence-electron chi connectivity index (χ4n) is 9.96. The topological polar surface area (TPSA) is 105 Å². The Hall–Kier alpha value is -2.19. The van der Waals surface area contributed by atoms with Crippen molar-refractivity contribution < 1.29 is 37.7 Å². The van der Waals surface area contributed by atoms with Gasteiger partial charge in [-0.2, -0.15) is 0 Å². The second-order valence-corrected chi connectivity index (χ2v) is 13.2. The van der Waals surface area contributed by atoms with Gasteiger partial charge >= 0.3 is 11.9 Å². The molecule has 6 rings (SSSR count). The molecule has 0 radical (unpaired) electrons. The van der Waals surface area contributed by atoms with E-state index < -0.39 is 45.6 Å². The third kappa shape index (κ3) is 2.74. The molecule has 0 amide bonds. The molecular weight excluding hydrogens is 476 g/mol. The fourth-order valence-corrected chi connectivity index (χ4v) is 9.96. The number of ether oxygens (including phenoxy) is 4. The Kier molecular flexibility index (Phi) is 5.07. The fraction of sp³-hybridized carbons (Fsp3) is 0.759. The Morgan fingerprint density at radius 3 is 2.41 bits per heavy atom. The lowest BCUT2D eigenvalue weighted by Crippen LogP contribution is -2.75. The molecule has 202 valence electrons. The van der Waals surface area contributed by atoms with Gasteiger partial charge in [0.15, 0.2) is 6.10 Å². The van der Waals surface area contributed by atoms with Gasteiger partial charge in [-0.3, -0.25) is 9.59 Å². The molecule has 8 heteroatoms. The Morgan fingerprint density at radius 1 is 1.05 bits per heavy atom. The van der Waals surface area contributed by atoms with Crippen LogP contribution in [0.25, 0.3) is 0 Å². The van der Waals surface area contributed by atoms with Crippen molar-refractivity contribution in [2.75, 3.05) is 7.11 Å². The van der Waals surface area contributed by atoms with Crippen molar-refractivity contribution in [3.63, 3.8) is 0 Å². The number of hydrogen-bond donors (Lipinski definition) is 0. The van der Waals surface area contributed by atoms with E-state index in [2.05, 4.69) is 20.8 Å². The Labute approximate surface area is 217 Å². The monoisotopic (exact) mass is 514 g/mol. The standard InChI is InChI=1S/C29H38O8/c1-15(30)35-21-12-18-25(2,3)19(31)13-20(33-7)27(18,5)17-8-10-26(4)22(16-9-11-34-14-16)36-24(32)23-29(26,37-23)28(17,21)6/h9,11,14,17-18,20-23H,8,10,12-13H2,1-7H3/t17?,18-,20-,21+,22-,23+,26-,27+,28-,29+/m0/s1. The third-order valence-corrected chi connectivity index (χ3v) is 11.7. The molecule has 1 aromatic heterocycles. The van der Waals surface area contributed by atoms with Crippen molar-refractivity contribution in [3.05, 3.63) is 24.2 Å². The first kappa shape index (κ1) is 25.1. The minimum absolute atomic E-state index is 0.0191. The summed E-state index contributed by atoms with van der Waals surface area (Å²) in [6, 6.07) is 1.84. The second kappa shape index (κ2) is 7.47. The summed E-state index contributed by atoms with van der Waals surface area (Å²) in [4.78, 5) is 39.2. The maximum absolute atomic E-state index is 13.4. The number of rotatable bonds is 3. The highest BCUT2D eigenvalue weighted by molar-refractivity contribution is 5.86. The highest BCUT2D eigenvalue weighted by atomic mass is 16.7. The van der Waals surface area contributed by atoms with Gasteiger partial charge in [0.05, 0.1) is 18.6 Å². The minimum atomic E-state index is -0.891. The first-order valence-electron chi connectivity index (χ1n) is 13.4. The quantitative estimate of drug-likeness (QED) is 0.432. The molecule has 8 nitrogen and oxygen atoms in total. The number of fused-ring (bicyclic) bond motifs is 3. The number of carbonyl (C=O) groups is 3. The molecule has 5 fully saturated rings. The van der Waals surface area contributed by atoms with E-state index >= 15 is 0 Å². The Balaban J connectivity index is 1.56. The number of cyclic esters (lactones) is 1. The van der Waals surface area contributed by atoms with Gasteiger partial charge in [0.2, 0.25) is 0 Å². The summed E-state index contributed by atoms with van der Waals surface area (Å²) in [5, 5.41) is 0. The maximum atomic E-state index is 13.4. The number of ketones is 1. The molecule has 10 atom stereocenters. The van der Waals surface area contributed by atoms with Crippen LogP contribution in [0.5, 0.6) is 0 Å². The zero-order chi connectivity index (χ0) is 26.8. The van der Waals surface area contributed by atoms with Gasteiger partial charge in [0, 0.05) is 47.7 Å². The summed E-state index contributed by atoms with van der Waals surface area (Å²) in [5.74, 6) is -0.668. The largest absolute Gasteiger partial charge is 0.472 e. The highest BCUT2D eigenvalue weighted by Gasteiger charge is 2.89. The van der Waals surface area contributed by atoms with Crippen molar-refractivity contribution in [1.82, 2.24) is 0 Å². The van der Waals surface area contributed by atoms with Crippen LogP contribution < -0.4 is 0 Å². The van der Waals surface area contributed by atoms with Gasteiger partial charge in [-0.15, -0.1) is 0 Å². The van der Waals surface area contributed by atoms with Gasteiger partial charge in [0.25, 0.3) is 0 Å². The number of furan rings is 1. The maximum Gasteiger partial charge on any atom is 0.339 e. The molecule has 1 aromatic rings. The first-order valence-corrected chi connectivity index (χ1v) is 13.4.